The van der Waals surface area contributed by atoms with Gasteiger partial charge in [0, 0.05) is 34.4 Å². The molecule has 0 aromatic heterocycles. The van der Waals surface area contributed by atoms with E-state index in [1.807, 2.05) is 0 Å². The molecular weight excluding hydrogens is 804 g/mol. The molecule has 6 rings (SSSR count). The highest BCUT2D eigenvalue weighted by molar-refractivity contribution is 6.38. The number of ether oxygens (including phenoxy) is 4. The van der Waals surface area contributed by atoms with Crippen LogP contribution in [0.15, 0.2) is 83.9 Å². The number of alkyl halides is 12. The SMILES string of the molecule is N#CC(C#N)=C1C2=C(C(=C(C#N)C#N)c3ccc(-c4cc(OC(F)(F)F)cc(OC(F)(F)F)c4)cc32)c2cc(-c3cc(OC(F)(F)F)cc(OC(F)(F)F)c3)ccc21. The van der Waals surface area contributed by atoms with Crippen LogP contribution in [0, 0.1) is 45.3 Å². The van der Waals surface area contributed by atoms with Crippen LogP contribution in [0.5, 0.6) is 23.0 Å². The predicted molar refractivity (Wildman–Crippen MR) is 174 cm³/mol. The van der Waals surface area contributed by atoms with Gasteiger partial charge in [0.15, 0.2) is 0 Å². The van der Waals surface area contributed by atoms with Crippen molar-refractivity contribution in [3.05, 3.63) is 106 Å². The van der Waals surface area contributed by atoms with Crippen molar-refractivity contribution >= 4 is 22.3 Å². The highest BCUT2D eigenvalue weighted by Gasteiger charge is 2.41. The molecule has 292 valence electrons. The maximum Gasteiger partial charge on any atom is 0.573 e. The molecule has 4 aromatic rings. The summed E-state index contributed by atoms with van der Waals surface area (Å²) in [4.78, 5) is 0. The molecule has 0 heterocycles. The third kappa shape index (κ3) is 8.32. The van der Waals surface area contributed by atoms with Crippen molar-refractivity contribution in [1.29, 1.82) is 21.0 Å². The second-order valence-corrected chi connectivity index (χ2v) is 11.8. The fraction of sp³-hybridized carbons (Fsp3) is 0.105. The Morgan fingerprint density at radius 3 is 0.879 bits per heavy atom. The van der Waals surface area contributed by atoms with Gasteiger partial charge in [0.1, 0.15) is 58.4 Å². The van der Waals surface area contributed by atoms with Crippen molar-refractivity contribution in [2.24, 2.45) is 0 Å². The molecular formula is C38H12F12N4O4. The molecule has 0 radical (unpaired) electrons. The first-order valence-electron chi connectivity index (χ1n) is 15.5. The third-order valence-corrected chi connectivity index (χ3v) is 8.17. The van der Waals surface area contributed by atoms with Gasteiger partial charge >= 0.3 is 25.4 Å². The Morgan fingerprint density at radius 1 is 0.362 bits per heavy atom. The minimum absolute atomic E-state index is 0.00289. The average molecular weight is 817 g/mol. The van der Waals surface area contributed by atoms with Gasteiger partial charge in [-0.3, -0.25) is 0 Å². The van der Waals surface area contributed by atoms with Gasteiger partial charge in [-0.2, -0.15) is 21.0 Å². The molecule has 20 heteroatoms. The van der Waals surface area contributed by atoms with Gasteiger partial charge in [-0.1, -0.05) is 24.3 Å². The van der Waals surface area contributed by atoms with Crippen LogP contribution in [0.1, 0.15) is 22.3 Å². The normalized spacial score (nSPS) is 13.3. The summed E-state index contributed by atoms with van der Waals surface area (Å²) in [6, 6.07) is 17.7. The molecule has 0 unspecified atom stereocenters. The van der Waals surface area contributed by atoms with E-state index in [2.05, 4.69) is 18.9 Å². The summed E-state index contributed by atoms with van der Waals surface area (Å²) in [6.07, 6.45) is -21.4. The zero-order valence-corrected chi connectivity index (χ0v) is 27.9. The van der Waals surface area contributed by atoms with Crippen LogP contribution in [-0.4, -0.2) is 25.4 Å². The Hall–Kier alpha value is -7.58. The monoisotopic (exact) mass is 816 g/mol. The van der Waals surface area contributed by atoms with Gasteiger partial charge in [-0.25, -0.2) is 0 Å². The summed E-state index contributed by atoms with van der Waals surface area (Å²) in [5, 5.41) is 40.1. The van der Waals surface area contributed by atoms with Crippen LogP contribution in [0.25, 0.3) is 44.5 Å². The number of allylic oxidation sites excluding steroid dienone is 6. The van der Waals surface area contributed by atoms with Gasteiger partial charge < -0.3 is 18.9 Å². The summed E-state index contributed by atoms with van der Waals surface area (Å²) >= 11 is 0. The molecule has 0 aliphatic heterocycles. The van der Waals surface area contributed by atoms with E-state index in [-0.39, 0.29) is 66.8 Å². The quantitative estimate of drug-likeness (QED) is 0.139. The van der Waals surface area contributed by atoms with Gasteiger partial charge in [-0.15, -0.1) is 52.7 Å². The molecule has 0 saturated carbocycles. The van der Waals surface area contributed by atoms with E-state index in [9.17, 15) is 73.7 Å². The number of halogens is 12. The van der Waals surface area contributed by atoms with Crippen molar-refractivity contribution in [3.63, 3.8) is 0 Å². The van der Waals surface area contributed by atoms with Crippen molar-refractivity contribution in [2.45, 2.75) is 25.4 Å². The maximum atomic E-state index is 13.2. The van der Waals surface area contributed by atoms with Crippen LogP contribution >= 0.6 is 0 Å². The molecule has 0 N–H and O–H groups in total. The van der Waals surface area contributed by atoms with E-state index in [1.165, 1.54) is 36.4 Å². The summed E-state index contributed by atoms with van der Waals surface area (Å²) in [5.74, 6) is -4.47. The van der Waals surface area contributed by atoms with Crippen LogP contribution in [0.3, 0.4) is 0 Å². The zero-order chi connectivity index (χ0) is 42.5. The highest BCUT2D eigenvalue weighted by Crippen LogP contribution is 2.60. The number of hydrogen-bond acceptors (Lipinski definition) is 8. The Kier molecular flexibility index (Phi) is 9.80. The standard InChI is InChI=1S/C38H12F12N4O4/c39-35(40,41)55-23-5-19(6-24(11-23)56-36(42,43)44)17-1-3-27-29(9-17)33-32(22(15-53)16-54)28-4-2-18(10-30(28)34(33)31(27)21(13-51)14-52)20-7-25(57-37(45,46)47)12-26(8-20)58-38(48,49)50/h1-12H. The summed E-state index contributed by atoms with van der Waals surface area (Å²) in [6.45, 7) is 0. The van der Waals surface area contributed by atoms with E-state index >= 15 is 0 Å². The Bertz CT molecular complexity index is 2390. The number of hydrogen-bond donors (Lipinski definition) is 0. The second kappa shape index (κ2) is 14.2. The van der Waals surface area contributed by atoms with Gasteiger partial charge in [0.25, 0.3) is 0 Å². The first-order valence-corrected chi connectivity index (χ1v) is 15.5. The van der Waals surface area contributed by atoms with Gasteiger partial charge in [0.05, 0.1) is 0 Å². The largest absolute Gasteiger partial charge is 0.573 e. The molecule has 4 aromatic carbocycles. The number of nitrogens with zero attached hydrogens (tertiary/aromatic N) is 4. The molecule has 8 nitrogen and oxygen atoms in total. The predicted octanol–water partition coefficient (Wildman–Crippen LogP) is 11.2. The summed E-state index contributed by atoms with van der Waals surface area (Å²) in [7, 11) is 0. The molecule has 0 saturated heterocycles. The summed E-state index contributed by atoms with van der Waals surface area (Å²) in [5.41, 5.74) is -2.30. The van der Waals surface area contributed by atoms with Gasteiger partial charge in [0.2, 0.25) is 0 Å². The van der Waals surface area contributed by atoms with Gasteiger partial charge in [-0.05, 0) is 80.9 Å². The smallest absolute Gasteiger partial charge is 0.406 e. The van der Waals surface area contributed by atoms with E-state index < -0.39 is 59.6 Å². The fourth-order valence-corrected chi connectivity index (χ4v) is 6.40. The number of fused-ring (bicyclic) bond motifs is 4. The van der Waals surface area contributed by atoms with E-state index in [0.29, 0.717) is 12.1 Å². The molecule has 0 bridgehead atoms. The lowest BCUT2D eigenvalue weighted by Gasteiger charge is -2.17. The molecule has 58 heavy (non-hydrogen) atoms. The fourth-order valence-electron chi connectivity index (χ4n) is 6.40. The highest BCUT2D eigenvalue weighted by atomic mass is 19.4. The number of benzene rings is 4. The van der Waals surface area contributed by atoms with Crippen molar-refractivity contribution in [3.8, 4) is 69.5 Å². The minimum Gasteiger partial charge on any atom is -0.406 e. The average Bonchev–Trinajstić information content (AvgIpc) is 3.58. The minimum atomic E-state index is -5.35. The molecule has 0 amide bonds. The second-order valence-electron chi connectivity index (χ2n) is 11.8. The lowest BCUT2D eigenvalue weighted by atomic mass is 9.87. The van der Waals surface area contributed by atoms with E-state index in [0.717, 1.165) is 24.3 Å². The van der Waals surface area contributed by atoms with E-state index in [4.69, 9.17) is 0 Å². The maximum absolute atomic E-state index is 13.2. The molecule has 2 aliphatic rings. The van der Waals surface area contributed by atoms with Crippen molar-refractivity contribution < 1.29 is 71.6 Å². The molecule has 2 aliphatic carbocycles. The third-order valence-electron chi connectivity index (χ3n) is 8.17. The Labute approximate surface area is 316 Å². The van der Waals surface area contributed by atoms with Crippen molar-refractivity contribution in [1.82, 2.24) is 0 Å². The zero-order valence-electron chi connectivity index (χ0n) is 27.9. The molecule has 0 fully saturated rings. The Balaban J connectivity index is 1.63. The molecule has 0 spiro atoms. The first-order chi connectivity index (χ1) is 27.0. The van der Waals surface area contributed by atoms with Crippen LogP contribution in [0.4, 0.5) is 52.7 Å². The lowest BCUT2D eigenvalue weighted by Crippen LogP contribution is -2.19. The lowest BCUT2D eigenvalue weighted by molar-refractivity contribution is -0.278. The Morgan fingerprint density at radius 2 is 0.638 bits per heavy atom. The van der Waals surface area contributed by atoms with Crippen molar-refractivity contribution in [2.75, 3.05) is 0 Å². The van der Waals surface area contributed by atoms with Crippen LogP contribution < -0.4 is 18.9 Å². The van der Waals surface area contributed by atoms with Crippen LogP contribution in [-0.2, 0) is 0 Å². The van der Waals surface area contributed by atoms with Crippen LogP contribution in [0.2, 0.25) is 0 Å². The van der Waals surface area contributed by atoms with E-state index in [1.54, 1.807) is 24.3 Å². The number of nitriles is 4. The number of rotatable bonds is 6. The molecule has 0 atom stereocenters. The topological polar surface area (TPSA) is 132 Å². The summed E-state index contributed by atoms with van der Waals surface area (Å²) < 4.78 is 173. The first kappa shape index (κ1) is 40.1.